The molecule has 0 aliphatic rings. The predicted octanol–water partition coefficient (Wildman–Crippen LogP) is 1.85. The number of ether oxygens (including phenoxy) is 1. The van der Waals surface area contributed by atoms with Crippen molar-refractivity contribution in [3.8, 4) is 0 Å². The van der Waals surface area contributed by atoms with Gasteiger partial charge in [-0.1, -0.05) is 6.07 Å². The summed E-state index contributed by atoms with van der Waals surface area (Å²) in [6.07, 6.45) is 0.720. The molecule has 19 heavy (non-hydrogen) atoms. The quantitative estimate of drug-likeness (QED) is 0.686. The van der Waals surface area contributed by atoms with E-state index in [2.05, 4.69) is 10.6 Å². The van der Waals surface area contributed by atoms with Gasteiger partial charge in [-0.15, -0.1) is 0 Å². The van der Waals surface area contributed by atoms with Crippen LogP contribution in [0, 0.1) is 6.92 Å². The molecule has 0 aromatic heterocycles. The van der Waals surface area contributed by atoms with Crippen molar-refractivity contribution in [3.63, 3.8) is 0 Å². The molecule has 0 saturated carbocycles. The number of carboxylic acid groups (broad SMARTS) is 1. The van der Waals surface area contributed by atoms with Crippen molar-refractivity contribution < 1.29 is 19.4 Å². The fourth-order valence-electron chi connectivity index (χ4n) is 1.47. The van der Waals surface area contributed by atoms with Crippen LogP contribution >= 0.6 is 0 Å². The number of carbonyl (C=O) groups excluding carboxylic acids is 1. The Balaban J connectivity index is 2.58. The van der Waals surface area contributed by atoms with Crippen LogP contribution in [0.2, 0.25) is 0 Å². The van der Waals surface area contributed by atoms with Gasteiger partial charge in [0.05, 0.1) is 5.56 Å². The number of anilines is 1. The summed E-state index contributed by atoms with van der Waals surface area (Å²) >= 11 is 0. The molecule has 1 aromatic carbocycles. The molecule has 0 fully saturated rings. The molecule has 0 atom stereocenters. The van der Waals surface area contributed by atoms with Crippen LogP contribution in [0.4, 0.5) is 10.5 Å². The highest BCUT2D eigenvalue weighted by molar-refractivity contribution is 5.93. The zero-order valence-electron chi connectivity index (χ0n) is 11.0. The summed E-state index contributed by atoms with van der Waals surface area (Å²) in [6.45, 7) is 2.87. The normalized spacial score (nSPS) is 10.0. The van der Waals surface area contributed by atoms with E-state index in [0.717, 1.165) is 12.0 Å². The van der Waals surface area contributed by atoms with Crippen LogP contribution in [-0.4, -0.2) is 37.4 Å². The van der Waals surface area contributed by atoms with Crippen LogP contribution in [0.25, 0.3) is 0 Å². The number of aryl methyl sites for hydroxylation is 1. The number of hydrogen-bond donors (Lipinski definition) is 3. The van der Waals surface area contributed by atoms with E-state index in [-0.39, 0.29) is 11.6 Å². The molecule has 0 aliphatic heterocycles. The lowest BCUT2D eigenvalue weighted by molar-refractivity contribution is 0.0697. The molecule has 0 spiro atoms. The van der Waals surface area contributed by atoms with Gasteiger partial charge in [-0.3, -0.25) is 0 Å². The van der Waals surface area contributed by atoms with E-state index >= 15 is 0 Å². The molecule has 6 heteroatoms. The predicted molar refractivity (Wildman–Crippen MR) is 71.7 cm³/mol. The zero-order valence-corrected chi connectivity index (χ0v) is 11.0. The summed E-state index contributed by atoms with van der Waals surface area (Å²) in [4.78, 5) is 22.5. The van der Waals surface area contributed by atoms with Crippen molar-refractivity contribution in [2.24, 2.45) is 0 Å². The summed E-state index contributed by atoms with van der Waals surface area (Å²) < 4.78 is 4.87. The number of hydrogen-bond acceptors (Lipinski definition) is 3. The summed E-state index contributed by atoms with van der Waals surface area (Å²) in [6, 6.07) is 4.23. The van der Waals surface area contributed by atoms with Crippen molar-refractivity contribution in [2.75, 3.05) is 25.6 Å². The molecule has 2 amide bonds. The Morgan fingerprint density at radius 3 is 2.74 bits per heavy atom. The Morgan fingerprint density at radius 2 is 2.11 bits per heavy atom. The second kappa shape index (κ2) is 7.38. The van der Waals surface area contributed by atoms with E-state index in [1.165, 1.54) is 12.1 Å². The monoisotopic (exact) mass is 266 g/mol. The first-order chi connectivity index (χ1) is 9.04. The van der Waals surface area contributed by atoms with Gasteiger partial charge in [0, 0.05) is 25.9 Å². The maximum absolute atomic E-state index is 11.6. The Labute approximate surface area is 111 Å². The standard InChI is InChI=1S/C13H18N2O4/c1-9-4-5-10(12(16)17)8-11(9)15-13(18)14-6-3-7-19-2/h4-5,8H,3,6-7H2,1-2H3,(H,16,17)(H2,14,15,18). The number of aromatic carboxylic acids is 1. The summed E-state index contributed by atoms with van der Waals surface area (Å²) in [5.41, 5.74) is 1.43. The molecular formula is C13H18N2O4. The highest BCUT2D eigenvalue weighted by atomic mass is 16.5. The van der Waals surface area contributed by atoms with Crippen molar-refractivity contribution in [2.45, 2.75) is 13.3 Å². The van der Waals surface area contributed by atoms with E-state index in [1.807, 2.05) is 0 Å². The van der Waals surface area contributed by atoms with Crippen LogP contribution in [0.1, 0.15) is 22.3 Å². The number of urea groups is 1. The maximum atomic E-state index is 11.6. The van der Waals surface area contributed by atoms with E-state index in [9.17, 15) is 9.59 Å². The van der Waals surface area contributed by atoms with E-state index in [0.29, 0.717) is 18.8 Å². The minimum atomic E-state index is -1.02. The topological polar surface area (TPSA) is 87.7 Å². The van der Waals surface area contributed by atoms with Gasteiger partial charge < -0.3 is 20.5 Å². The van der Waals surface area contributed by atoms with Gasteiger partial charge in [-0.25, -0.2) is 9.59 Å². The minimum absolute atomic E-state index is 0.139. The number of carboxylic acids is 1. The molecule has 0 aliphatic carbocycles. The Kier molecular flexibility index (Phi) is 5.81. The second-order valence-corrected chi connectivity index (χ2v) is 4.06. The molecule has 3 N–H and O–H groups in total. The molecule has 1 rings (SSSR count). The number of benzene rings is 1. The van der Waals surface area contributed by atoms with Gasteiger partial charge in [0.25, 0.3) is 0 Å². The van der Waals surface area contributed by atoms with Gasteiger partial charge in [0.1, 0.15) is 0 Å². The van der Waals surface area contributed by atoms with Crippen LogP contribution in [0.15, 0.2) is 18.2 Å². The molecule has 6 nitrogen and oxygen atoms in total. The Hall–Kier alpha value is -2.08. The first kappa shape index (κ1) is 15.0. The van der Waals surface area contributed by atoms with Gasteiger partial charge in [0.2, 0.25) is 0 Å². The van der Waals surface area contributed by atoms with Gasteiger partial charge in [-0.05, 0) is 31.0 Å². The molecule has 1 aromatic rings. The van der Waals surface area contributed by atoms with Gasteiger partial charge in [0.15, 0.2) is 0 Å². The minimum Gasteiger partial charge on any atom is -0.478 e. The second-order valence-electron chi connectivity index (χ2n) is 4.06. The van der Waals surface area contributed by atoms with Crippen molar-refractivity contribution >= 4 is 17.7 Å². The summed E-state index contributed by atoms with van der Waals surface area (Å²) in [7, 11) is 1.60. The third kappa shape index (κ3) is 4.97. The molecule has 104 valence electrons. The van der Waals surface area contributed by atoms with Crippen molar-refractivity contribution in [1.29, 1.82) is 0 Å². The smallest absolute Gasteiger partial charge is 0.335 e. The van der Waals surface area contributed by atoms with E-state index in [4.69, 9.17) is 9.84 Å². The highest BCUT2D eigenvalue weighted by Gasteiger charge is 2.08. The van der Waals surface area contributed by atoms with Gasteiger partial charge >= 0.3 is 12.0 Å². The number of nitrogens with one attached hydrogen (secondary N) is 2. The summed E-state index contributed by atoms with van der Waals surface area (Å²) in [5, 5.41) is 14.2. The average molecular weight is 266 g/mol. The third-order valence-corrected chi connectivity index (χ3v) is 2.54. The molecule has 0 heterocycles. The summed E-state index contributed by atoms with van der Waals surface area (Å²) in [5.74, 6) is -1.02. The third-order valence-electron chi connectivity index (χ3n) is 2.54. The molecular weight excluding hydrogens is 248 g/mol. The van der Waals surface area contributed by atoms with Crippen molar-refractivity contribution in [1.82, 2.24) is 5.32 Å². The largest absolute Gasteiger partial charge is 0.478 e. The number of amides is 2. The van der Waals surface area contributed by atoms with Crippen LogP contribution in [0.3, 0.4) is 0 Å². The number of carbonyl (C=O) groups is 2. The lowest BCUT2D eigenvalue weighted by atomic mass is 10.1. The molecule has 0 saturated heterocycles. The molecule has 0 radical (unpaired) electrons. The lowest BCUT2D eigenvalue weighted by Gasteiger charge is -2.10. The SMILES string of the molecule is COCCCNC(=O)Nc1cc(C(=O)O)ccc1C. The first-order valence-electron chi connectivity index (χ1n) is 5.92. The first-order valence-corrected chi connectivity index (χ1v) is 5.92. The van der Waals surface area contributed by atoms with Gasteiger partial charge in [-0.2, -0.15) is 0 Å². The van der Waals surface area contributed by atoms with Crippen LogP contribution in [0.5, 0.6) is 0 Å². The highest BCUT2D eigenvalue weighted by Crippen LogP contribution is 2.16. The average Bonchev–Trinajstić information content (AvgIpc) is 2.37. The fourth-order valence-corrected chi connectivity index (χ4v) is 1.47. The molecule has 0 unspecified atom stereocenters. The molecule has 0 bridgehead atoms. The van der Waals surface area contributed by atoms with E-state index in [1.54, 1.807) is 20.1 Å². The fraction of sp³-hybridized carbons (Fsp3) is 0.385. The van der Waals surface area contributed by atoms with Crippen LogP contribution in [-0.2, 0) is 4.74 Å². The Bertz CT molecular complexity index is 460. The Morgan fingerprint density at radius 1 is 1.37 bits per heavy atom. The number of methoxy groups -OCH3 is 1. The maximum Gasteiger partial charge on any atom is 0.335 e. The number of rotatable bonds is 6. The zero-order chi connectivity index (χ0) is 14.3. The lowest BCUT2D eigenvalue weighted by Crippen LogP contribution is -2.30. The van der Waals surface area contributed by atoms with Crippen molar-refractivity contribution in [3.05, 3.63) is 29.3 Å². The van der Waals surface area contributed by atoms with Crippen LogP contribution < -0.4 is 10.6 Å². The van der Waals surface area contributed by atoms with E-state index < -0.39 is 5.97 Å².